The first-order valence-corrected chi connectivity index (χ1v) is 9.30. The van der Waals surface area contributed by atoms with Crippen LogP contribution >= 0.6 is 0 Å². The van der Waals surface area contributed by atoms with Crippen LogP contribution in [0.5, 0.6) is 0 Å². The van der Waals surface area contributed by atoms with Crippen LogP contribution in [0, 0.1) is 11.7 Å². The molecule has 2 heterocycles. The lowest BCUT2D eigenvalue weighted by Crippen LogP contribution is -2.52. The van der Waals surface area contributed by atoms with E-state index in [4.69, 9.17) is 0 Å². The van der Waals surface area contributed by atoms with E-state index in [9.17, 15) is 9.18 Å². The monoisotopic (exact) mass is 337 g/mol. The van der Waals surface area contributed by atoms with Gasteiger partial charge in [-0.25, -0.2) is 4.39 Å². The summed E-state index contributed by atoms with van der Waals surface area (Å²) in [6.45, 7) is 0.980. The molecular formula is C22H24FNO. The third-order valence-corrected chi connectivity index (χ3v) is 5.83. The second kappa shape index (κ2) is 7.09. The number of Topliss-reactive ketones (excluding diaryl/α,β-unsaturated/α-hetero) is 1. The average Bonchev–Trinajstić information content (AvgIpc) is 2.62. The molecule has 0 N–H and O–H groups in total. The third kappa shape index (κ3) is 3.52. The lowest BCUT2D eigenvalue weighted by atomic mass is 9.75. The molecule has 4 rings (SSSR count). The Kier molecular flexibility index (Phi) is 4.67. The number of fused-ring (bicyclic) bond motifs is 2. The Morgan fingerprint density at radius 2 is 1.60 bits per heavy atom. The minimum absolute atomic E-state index is 0.0767. The van der Waals surface area contributed by atoms with Gasteiger partial charge in [-0.15, -0.1) is 0 Å². The topological polar surface area (TPSA) is 20.3 Å². The van der Waals surface area contributed by atoms with E-state index in [1.54, 1.807) is 12.1 Å². The SMILES string of the molecule is O=C(c1ccc(F)cc1)C1CC2CCCC(C1)N2Cc1ccccc1. The van der Waals surface area contributed by atoms with Gasteiger partial charge in [0.25, 0.3) is 0 Å². The number of carbonyl (C=O) groups excluding carboxylic acids is 1. The van der Waals surface area contributed by atoms with Crippen LogP contribution < -0.4 is 0 Å². The van der Waals surface area contributed by atoms with E-state index >= 15 is 0 Å². The summed E-state index contributed by atoms with van der Waals surface area (Å²) in [5.74, 6) is -0.0184. The van der Waals surface area contributed by atoms with Crippen molar-refractivity contribution in [1.82, 2.24) is 4.90 Å². The summed E-state index contributed by atoms with van der Waals surface area (Å²) in [4.78, 5) is 15.5. The first-order chi connectivity index (χ1) is 12.2. The standard InChI is InChI=1S/C22H24FNO/c23-19-11-9-17(10-12-19)22(25)18-13-20-7-4-8-21(14-18)24(20)15-16-5-2-1-3-6-16/h1-3,5-6,9-12,18,20-21H,4,7-8,13-15H2. The van der Waals surface area contributed by atoms with Crippen molar-refractivity contribution in [3.05, 3.63) is 71.5 Å². The normalized spacial score (nSPS) is 26.4. The van der Waals surface area contributed by atoms with Crippen molar-refractivity contribution in [1.29, 1.82) is 0 Å². The van der Waals surface area contributed by atoms with Crippen LogP contribution in [-0.4, -0.2) is 22.8 Å². The van der Waals surface area contributed by atoms with Gasteiger partial charge in [0.05, 0.1) is 0 Å². The Labute approximate surface area is 148 Å². The minimum Gasteiger partial charge on any atom is -0.294 e. The van der Waals surface area contributed by atoms with Crippen LogP contribution in [0.2, 0.25) is 0 Å². The summed E-state index contributed by atoms with van der Waals surface area (Å²) in [7, 11) is 0. The molecule has 2 atom stereocenters. The number of halogens is 1. The lowest BCUT2D eigenvalue weighted by molar-refractivity contribution is 0.00906. The van der Waals surface area contributed by atoms with E-state index in [1.165, 1.54) is 37.0 Å². The Morgan fingerprint density at radius 1 is 0.960 bits per heavy atom. The summed E-state index contributed by atoms with van der Waals surface area (Å²) in [5.41, 5.74) is 2.00. The summed E-state index contributed by atoms with van der Waals surface area (Å²) < 4.78 is 13.1. The number of benzene rings is 2. The van der Waals surface area contributed by atoms with Crippen molar-refractivity contribution in [3.63, 3.8) is 0 Å². The molecule has 0 saturated carbocycles. The molecule has 2 fully saturated rings. The highest BCUT2D eigenvalue weighted by Gasteiger charge is 2.40. The number of hydrogen-bond acceptors (Lipinski definition) is 2. The molecule has 25 heavy (non-hydrogen) atoms. The largest absolute Gasteiger partial charge is 0.294 e. The number of hydrogen-bond donors (Lipinski definition) is 0. The maximum atomic E-state index is 13.1. The molecule has 2 unspecified atom stereocenters. The maximum absolute atomic E-state index is 13.1. The number of ketones is 1. The Balaban J connectivity index is 1.49. The zero-order valence-corrected chi connectivity index (χ0v) is 14.4. The molecule has 0 spiro atoms. The predicted octanol–water partition coefficient (Wildman–Crippen LogP) is 4.84. The van der Waals surface area contributed by atoms with E-state index in [2.05, 4.69) is 35.2 Å². The van der Waals surface area contributed by atoms with Gasteiger partial charge in [-0.05, 0) is 55.5 Å². The molecule has 2 aliphatic rings. The van der Waals surface area contributed by atoms with Crippen molar-refractivity contribution >= 4 is 5.78 Å². The highest BCUT2D eigenvalue weighted by molar-refractivity contribution is 5.97. The van der Waals surface area contributed by atoms with Crippen molar-refractivity contribution in [2.45, 2.75) is 50.7 Å². The van der Waals surface area contributed by atoms with Crippen LogP contribution in [0.25, 0.3) is 0 Å². The first kappa shape index (κ1) is 16.5. The zero-order valence-electron chi connectivity index (χ0n) is 14.4. The second-order valence-corrected chi connectivity index (χ2v) is 7.44. The quantitative estimate of drug-likeness (QED) is 0.744. The van der Waals surface area contributed by atoms with Gasteiger partial charge in [0.2, 0.25) is 0 Å². The Morgan fingerprint density at radius 3 is 2.24 bits per heavy atom. The fourth-order valence-electron chi connectivity index (χ4n) is 4.59. The van der Waals surface area contributed by atoms with Gasteiger partial charge in [0.15, 0.2) is 5.78 Å². The van der Waals surface area contributed by atoms with Gasteiger partial charge in [0.1, 0.15) is 5.82 Å². The molecule has 0 aromatic heterocycles. The van der Waals surface area contributed by atoms with Gasteiger partial charge in [-0.3, -0.25) is 9.69 Å². The molecule has 2 aliphatic heterocycles. The van der Waals surface area contributed by atoms with Crippen LogP contribution in [0.3, 0.4) is 0 Å². The van der Waals surface area contributed by atoms with Gasteiger partial charge in [-0.1, -0.05) is 36.8 Å². The van der Waals surface area contributed by atoms with Crippen molar-refractivity contribution in [2.24, 2.45) is 5.92 Å². The van der Waals surface area contributed by atoms with Gasteiger partial charge in [-0.2, -0.15) is 0 Å². The molecular weight excluding hydrogens is 313 g/mol. The average molecular weight is 337 g/mol. The molecule has 3 heteroatoms. The van der Waals surface area contributed by atoms with E-state index in [-0.39, 0.29) is 17.5 Å². The van der Waals surface area contributed by atoms with Gasteiger partial charge in [0, 0.05) is 30.1 Å². The van der Waals surface area contributed by atoms with Gasteiger partial charge >= 0.3 is 0 Å². The first-order valence-electron chi connectivity index (χ1n) is 9.30. The smallest absolute Gasteiger partial charge is 0.166 e. The number of rotatable bonds is 4. The van der Waals surface area contributed by atoms with Crippen molar-refractivity contribution in [3.8, 4) is 0 Å². The summed E-state index contributed by atoms with van der Waals surface area (Å²) >= 11 is 0. The molecule has 2 saturated heterocycles. The van der Waals surface area contributed by atoms with E-state index in [1.807, 2.05) is 0 Å². The summed E-state index contributed by atoms with van der Waals surface area (Å²) in [6.07, 6.45) is 5.48. The van der Waals surface area contributed by atoms with E-state index < -0.39 is 0 Å². The molecule has 0 aliphatic carbocycles. The van der Waals surface area contributed by atoms with Crippen molar-refractivity contribution < 1.29 is 9.18 Å². The molecule has 0 amide bonds. The van der Waals surface area contributed by atoms with Crippen LogP contribution in [0.4, 0.5) is 4.39 Å². The van der Waals surface area contributed by atoms with E-state index in [0.29, 0.717) is 17.6 Å². The zero-order chi connectivity index (χ0) is 17.2. The number of piperidine rings is 2. The molecule has 2 nitrogen and oxygen atoms in total. The number of carbonyl (C=O) groups is 1. The molecule has 2 aromatic rings. The molecule has 130 valence electrons. The Bertz CT molecular complexity index is 713. The van der Waals surface area contributed by atoms with Gasteiger partial charge < -0.3 is 0 Å². The van der Waals surface area contributed by atoms with Crippen LogP contribution in [-0.2, 0) is 6.54 Å². The van der Waals surface area contributed by atoms with Crippen LogP contribution in [0.1, 0.15) is 48.0 Å². The third-order valence-electron chi connectivity index (χ3n) is 5.83. The second-order valence-electron chi connectivity index (χ2n) is 7.44. The summed E-state index contributed by atoms with van der Waals surface area (Å²) in [5, 5.41) is 0. The maximum Gasteiger partial charge on any atom is 0.166 e. The highest BCUT2D eigenvalue weighted by Crippen LogP contribution is 2.39. The van der Waals surface area contributed by atoms with Crippen molar-refractivity contribution in [2.75, 3.05) is 0 Å². The molecule has 2 bridgehead atoms. The predicted molar refractivity (Wildman–Crippen MR) is 96.9 cm³/mol. The van der Waals surface area contributed by atoms with E-state index in [0.717, 1.165) is 19.4 Å². The minimum atomic E-state index is -0.286. The highest BCUT2D eigenvalue weighted by atomic mass is 19.1. The lowest BCUT2D eigenvalue weighted by Gasteiger charge is -2.48. The molecule has 2 aromatic carbocycles. The van der Waals surface area contributed by atoms with Crippen LogP contribution in [0.15, 0.2) is 54.6 Å². The molecule has 0 radical (unpaired) electrons. The summed E-state index contributed by atoms with van der Waals surface area (Å²) in [6, 6.07) is 17.6. The fraction of sp³-hybridized carbons (Fsp3) is 0.409. The Hall–Kier alpha value is -2.00. The number of nitrogens with zero attached hydrogens (tertiary/aromatic N) is 1. The fourth-order valence-corrected chi connectivity index (χ4v) is 4.59.